The fourth-order valence-electron chi connectivity index (χ4n) is 1.96. The molecule has 2 aromatic rings. The van der Waals surface area contributed by atoms with Crippen LogP contribution in [0.1, 0.15) is 13.3 Å². The minimum atomic E-state index is -3.50. The lowest BCUT2D eigenvalue weighted by Gasteiger charge is -2.09. The van der Waals surface area contributed by atoms with Crippen molar-refractivity contribution in [2.75, 3.05) is 19.6 Å². The van der Waals surface area contributed by atoms with Gasteiger partial charge in [0.15, 0.2) is 0 Å². The van der Waals surface area contributed by atoms with E-state index >= 15 is 0 Å². The second-order valence-corrected chi connectivity index (χ2v) is 6.21. The molecule has 0 saturated heterocycles. The number of aromatic nitrogens is 1. The summed E-state index contributed by atoms with van der Waals surface area (Å²) in [6, 6.07) is 8.62. The summed E-state index contributed by atoms with van der Waals surface area (Å²) in [5, 5.41) is 3.80. The topological polar surface area (TPSA) is 71.1 Å². The number of nitrogens with zero attached hydrogens (tertiary/aromatic N) is 1. The Bertz CT molecular complexity index is 666. The third kappa shape index (κ3) is 3.53. The van der Waals surface area contributed by atoms with E-state index in [1.54, 1.807) is 36.5 Å². The van der Waals surface area contributed by atoms with Crippen LogP contribution in [0.15, 0.2) is 41.4 Å². The lowest BCUT2D eigenvalue weighted by molar-refractivity contribution is 0.576. The van der Waals surface area contributed by atoms with Crippen molar-refractivity contribution in [3.8, 4) is 0 Å². The van der Waals surface area contributed by atoms with Crippen LogP contribution >= 0.6 is 0 Å². The van der Waals surface area contributed by atoms with Crippen LogP contribution in [0.25, 0.3) is 10.9 Å². The van der Waals surface area contributed by atoms with Crippen molar-refractivity contribution in [3.05, 3.63) is 36.5 Å². The van der Waals surface area contributed by atoms with Gasteiger partial charge in [0.1, 0.15) is 0 Å². The zero-order valence-corrected chi connectivity index (χ0v) is 12.3. The molecule has 6 heteroatoms. The molecule has 0 aliphatic carbocycles. The molecule has 0 aliphatic heterocycles. The van der Waals surface area contributed by atoms with Gasteiger partial charge < -0.3 is 5.32 Å². The molecule has 5 nitrogen and oxygen atoms in total. The summed E-state index contributed by atoms with van der Waals surface area (Å²) < 4.78 is 27.2. The van der Waals surface area contributed by atoms with Crippen molar-refractivity contribution in [2.45, 2.75) is 18.2 Å². The number of rotatable bonds is 7. The molecule has 0 radical (unpaired) electrons. The highest BCUT2D eigenvalue weighted by Gasteiger charge is 2.16. The summed E-state index contributed by atoms with van der Waals surface area (Å²) in [6.45, 7) is 3.95. The summed E-state index contributed by atoms with van der Waals surface area (Å²) >= 11 is 0. The van der Waals surface area contributed by atoms with Crippen molar-refractivity contribution in [2.24, 2.45) is 0 Å². The predicted octanol–water partition coefficient (Wildman–Crippen LogP) is 1.51. The van der Waals surface area contributed by atoms with E-state index in [4.69, 9.17) is 0 Å². The molecule has 1 heterocycles. The Morgan fingerprint density at radius 2 is 1.95 bits per heavy atom. The first-order valence-corrected chi connectivity index (χ1v) is 8.17. The van der Waals surface area contributed by atoms with E-state index in [0.29, 0.717) is 24.0 Å². The predicted molar refractivity (Wildman–Crippen MR) is 80.1 cm³/mol. The van der Waals surface area contributed by atoms with Gasteiger partial charge >= 0.3 is 0 Å². The first-order valence-electron chi connectivity index (χ1n) is 6.69. The van der Waals surface area contributed by atoms with Gasteiger partial charge in [-0.1, -0.05) is 13.0 Å². The van der Waals surface area contributed by atoms with Crippen LogP contribution < -0.4 is 10.0 Å². The normalized spacial score (nSPS) is 11.8. The fourth-order valence-corrected chi connectivity index (χ4v) is 3.21. The molecule has 0 unspecified atom stereocenters. The van der Waals surface area contributed by atoms with Crippen LogP contribution in [0.4, 0.5) is 0 Å². The molecule has 0 saturated carbocycles. The summed E-state index contributed by atoms with van der Waals surface area (Å²) in [4.78, 5) is 4.45. The Balaban J connectivity index is 2.15. The first kappa shape index (κ1) is 14.9. The molecule has 0 aliphatic rings. The van der Waals surface area contributed by atoms with E-state index in [1.807, 2.05) is 0 Å². The number of nitrogens with one attached hydrogen (secondary N) is 2. The number of pyridine rings is 1. The minimum Gasteiger partial charge on any atom is -0.315 e. The first-order chi connectivity index (χ1) is 9.65. The van der Waals surface area contributed by atoms with Gasteiger partial charge in [-0.25, -0.2) is 13.1 Å². The molecule has 108 valence electrons. The number of sulfonamides is 1. The highest BCUT2D eigenvalue weighted by atomic mass is 32.2. The lowest BCUT2D eigenvalue weighted by Crippen LogP contribution is -2.32. The molecule has 0 atom stereocenters. The third-order valence-corrected chi connectivity index (χ3v) is 4.44. The molecule has 2 rings (SSSR count). The summed E-state index contributed by atoms with van der Waals surface area (Å²) in [5.74, 6) is 0. The zero-order valence-electron chi connectivity index (χ0n) is 11.5. The maximum atomic E-state index is 12.3. The third-order valence-electron chi connectivity index (χ3n) is 2.92. The molecule has 0 spiro atoms. The molecule has 0 amide bonds. The smallest absolute Gasteiger partial charge is 0.241 e. The van der Waals surface area contributed by atoms with Crippen molar-refractivity contribution in [3.63, 3.8) is 0 Å². The van der Waals surface area contributed by atoms with Gasteiger partial charge in [-0.05, 0) is 37.2 Å². The van der Waals surface area contributed by atoms with Crippen LogP contribution in [0.2, 0.25) is 0 Å². The molecule has 20 heavy (non-hydrogen) atoms. The minimum absolute atomic E-state index is 0.276. The van der Waals surface area contributed by atoms with Gasteiger partial charge in [-0.3, -0.25) is 4.98 Å². The Hall–Kier alpha value is -1.50. The molecular weight excluding hydrogens is 274 g/mol. The maximum absolute atomic E-state index is 12.3. The number of hydrogen-bond acceptors (Lipinski definition) is 4. The van der Waals surface area contributed by atoms with E-state index < -0.39 is 10.0 Å². The lowest BCUT2D eigenvalue weighted by atomic mass is 10.2. The van der Waals surface area contributed by atoms with Gasteiger partial charge in [-0.2, -0.15) is 0 Å². The maximum Gasteiger partial charge on any atom is 0.241 e. The summed E-state index contributed by atoms with van der Waals surface area (Å²) in [5.41, 5.74) is 0.680. The monoisotopic (exact) mass is 293 g/mol. The number of benzene rings is 1. The van der Waals surface area contributed by atoms with Gasteiger partial charge in [0, 0.05) is 24.7 Å². The van der Waals surface area contributed by atoms with Crippen LogP contribution in [0, 0.1) is 0 Å². The highest BCUT2D eigenvalue weighted by Crippen LogP contribution is 2.20. The highest BCUT2D eigenvalue weighted by molar-refractivity contribution is 7.89. The van der Waals surface area contributed by atoms with Crippen molar-refractivity contribution < 1.29 is 8.42 Å². The van der Waals surface area contributed by atoms with E-state index in [-0.39, 0.29) is 4.90 Å². The van der Waals surface area contributed by atoms with E-state index in [1.165, 1.54) is 0 Å². The fraction of sp³-hybridized carbons (Fsp3) is 0.357. The van der Waals surface area contributed by atoms with E-state index in [0.717, 1.165) is 13.0 Å². The second kappa shape index (κ2) is 6.78. The Kier molecular flexibility index (Phi) is 5.05. The summed E-state index contributed by atoms with van der Waals surface area (Å²) in [7, 11) is -3.50. The average Bonchev–Trinajstić information content (AvgIpc) is 2.46. The molecule has 1 aromatic carbocycles. The van der Waals surface area contributed by atoms with Crippen molar-refractivity contribution in [1.82, 2.24) is 15.0 Å². The molecule has 0 fully saturated rings. The van der Waals surface area contributed by atoms with Crippen molar-refractivity contribution >= 4 is 20.9 Å². The van der Waals surface area contributed by atoms with Crippen LogP contribution in [0.3, 0.4) is 0 Å². The van der Waals surface area contributed by atoms with E-state index in [9.17, 15) is 8.42 Å². The quantitative estimate of drug-likeness (QED) is 0.759. The number of fused-ring (bicyclic) bond motifs is 1. The van der Waals surface area contributed by atoms with Gasteiger partial charge in [0.05, 0.1) is 10.4 Å². The van der Waals surface area contributed by atoms with Gasteiger partial charge in [-0.15, -0.1) is 0 Å². The molecule has 2 N–H and O–H groups in total. The zero-order chi connectivity index (χ0) is 14.4. The van der Waals surface area contributed by atoms with Gasteiger partial charge in [0.2, 0.25) is 10.0 Å². The average molecular weight is 293 g/mol. The Morgan fingerprint density at radius 3 is 2.75 bits per heavy atom. The van der Waals surface area contributed by atoms with Crippen LogP contribution in [0.5, 0.6) is 0 Å². The standard InChI is InChI=1S/C14H19N3O2S/c1-2-8-15-10-11-17-20(18,19)14-7-3-6-13-12(14)5-4-9-16-13/h3-7,9,15,17H,2,8,10-11H2,1H3. The van der Waals surface area contributed by atoms with E-state index in [2.05, 4.69) is 21.9 Å². The van der Waals surface area contributed by atoms with Gasteiger partial charge in [0.25, 0.3) is 0 Å². The Labute approximate surface area is 119 Å². The number of hydrogen-bond donors (Lipinski definition) is 2. The van der Waals surface area contributed by atoms with Crippen LogP contribution in [-0.4, -0.2) is 33.0 Å². The molecule has 0 bridgehead atoms. The largest absolute Gasteiger partial charge is 0.315 e. The van der Waals surface area contributed by atoms with Crippen LogP contribution in [-0.2, 0) is 10.0 Å². The van der Waals surface area contributed by atoms with Crippen molar-refractivity contribution in [1.29, 1.82) is 0 Å². The Morgan fingerprint density at radius 1 is 1.10 bits per heavy atom. The molecular formula is C14H19N3O2S. The second-order valence-electron chi connectivity index (χ2n) is 4.47. The molecule has 1 aromatic heterocycles. The summed E-state index contributed by atoms with van der Waals surface area (Å²) in [6.07, 6.45) is 2.68. The SMILES string of the molecule is CCCNCCNS(=O)(=O)c1cccc2ncccc12.